The molecule has 21 heavy (non-hydrogen) atoms. The van der Waals surface area contributed by atoms with Crippen LogP contribution >= 0.6 is 0 Å². The molecule has 3 nitrogen and oxygen atoms in total. The lowest BCUT2D eigenvalue weighted by atomic mass is 9.97. The van der Waals surface area contributed by atoms with Gasteiger partial charge in [-0.25, -0.2) is 4.98 Å². The fraction of sp³-hybridized carbons (Fsp3) is 0.111. The van der Waals surface area contributed by atoms with Gasteiger partial charge in [-0.2, -0.15) is 5.10 Å². The van der Waals surface area contributed by atoms with Crippen LogP contribution in [0.4, 0.5) is 0 Å². The summed E-state index contributed by atoms with van der Waals surface area (Å²) < 4.78 is 0. The van der Waals surface area contributed by atoms with Crippen LogP contribution in [0.1, 0.15) is 16.7 Å². The summed E-state index contributed by atoms with van der Waals surface area (Å²) in [5, 5.41) is 10.7. The van der Waals surface area contributed by atoms with E-state index in [1.54, 1.807) is 0 Å². The number of nitrogens with one attached hydrogen (secondary N) is 1. The van der Waals surface area contributed by atoms with Crippen LogP contribution in [0.5, 0.6) is 0 Å². The van der Waals surface area contributed by atoms with Crippen LogP contribution in [-0.2, 0) is 6.42 Å². The first-order valence-electron chi connectivity index (χ1n) is 7.06. The molecule has 2 heterocycles. The van der Waals surface area contributed by atoms with E-state index in [0.29, 0.717) is 0 Å². The SMILES string of the molecule is Cc1cc(Cc2ccnc3[nH]ncc23)cc2ccccc12. The third-order valence-electron chi connectivity index (χ3n) is 3.97. The lowest BCUT2D eigenvalue weighted by Crippen LogP contribution is -1.92. The van der Waals surface area contributed by atoms with E-state index in [1.165, 1.54) is 27.5 Å². The fourth-order valence-electron chi connectivity index (χ4n) is 2.96. The van der Waals surface area contributed by atoms with Crippen molar-refractivity contribution >= 4 is 21.8 Å². The molecular weight excluding hydrogens is 258 g/mol. The molecule has 0 saturated carbocycles. The van der Waals surface area contributed by atoms with Crippen molar-refractivity contribution in [3.05, 3.63) is 71.5 Å². The highest BCUT2D eigenvalue weighted by molar-refractivity contribution is 5.86. The Hall–Kier alpha value is -2.68. The van der Waals surface area contributed by atoms with Crippen molar-refractivity contribution in [2.45, 2.75) is 13.3 Å². The number of benzene rings is 2. The third kappa shape index (κ3) is 2.07. The average molecular weight is 273 g/mol. The second-order valence-electron chi connectivity index (χ2n) is 5.41. The third-order valence-corrected chi connectivity index (χ3v) is 3.97. The van der Waals surface area contributed by atoms with E-state index in [4.69, 9.17) is 0 Å². The van der Waals surface area contributed by atoms with Crippen LogP contribution in [0.3, 0.4) is 0 Å². The first-order valence-corrected chi connectivity index (χ1v) is 7.06. The predicted molar refractivity (Wildman–Crippen MR) is 85.4 cm³/mol. The van der Waals surface area contributed by atoms with E-state index in [0.717, 1.165) is 17.5 Å². The average Bonchev–Trinajstić information content (AvgIpc) is 2.97. The summed E-state index contributed by atoms with van der Waals surface area (Å²) in [5.74, 6) is 0. The lowest BCUT2D eigenvalue weighted by molar-refractivity contribution is 1.10. The Balaban J connectivity index is 1.82. The van der Waals surface area contributed by atoms with Crippen LogP contribution in [0.25, 0.3) is 21.8 Å². The molecule has 102 valence electrons. The molecule has 0 aliphatic heterocycles. The van der Waals surface area contributed by atoms with E-state index in [9.17, 15) is 0 Å². The predicted octanol–water partition coefficient (Wildman–Crippen LogP) is 4.01. The summed E-state index contributed by atoms with van der Waals surface area (Å²) in [6, 6.07) is 15.1. The van der Waals surface area contributed by atoms with Gasteiger partial charge in [0.1, 0.15) is 0 Å². The minimum Gasteiger partial charge on any atom is -0.261 e. The molecule has 3 heteroatoms. The summed E-state index contributed by atoms with van der Waals surface area (Å²) in [7, 11) is 0. The summed E-state index contributed by atoms with van der Waals surface area (Å²) >= 11 is 0. The normalized spacial score (nSPS) is 11.3. The Bertz CT molecular complexity index is 937. The molecule has 4 aromatic rings. The van der Waals surface area contributed by atoms with Gasteiger partial charge in [0.25, 0.3) is 0 Å². The van der Waals surface area contributed by atoms with Crippen LogP contribution < -0.4 is 0 Å². The van der Waals surface area contributed by atoms with Crippen molar-refractivity contribution in [1.29, 1.82) is 0 Å². The fourth-order valence-corrected chi connectivity index (χ4v) is 2.96. The molecule has 0 radical (unpaired) electrons. The number of hydrogen-bond donors (Lipinski definition) is 1. The monoisotopic (exact) mass is 273 g/mol. The molecule has 0 bridgehead atoms. The van der Waals surface area contributed by atoms with Crippen molar-refractivity contribution < 1.29 is 0 Å². The molecule has 0 unspecified atom stereocenters. The summed E-state index contributed by atoms with van der Waals surface area (Å²) in [6.07, 6.45) is 4.58. The molecule has 2 aromatic carbocycles. The minimum atomic E-state index is 0.852. The molecule has 4 rings (SSSR count). The quantitative estimate of drug-likeness (QED) is 0.599. The molecule has 1 N–H and O–H groups in total. The first-order chi connectivity index (χ1) is 10.3. The number of fused-ring (bicyclic) bond motifs is 2. The van der Waals surface area contributed by atoms with Gasteiger partial charge in [0.15, 0.2) is 5.65 Å². The van der Waals surface area contributed by atoms with Crippen molar-refractivity contribution in [2.75, 3.05) is 0 Å². The molecular formula is C18H15N3. The molecule has 0 spiro atoms. The molecule has 2 aromatic heterocycles. The van der Waals surface area contributed by atoms with E-state index >= 15 is 0 Å². The summed E-state index contributed by atoms with van der Waals surface area (Å²) in [6.45, 7) is 2.17. The molecule has 0 amide bonds. The Labute approximate surface area is 122 Å². The number of aryl methyl sites for hydroxylation is 1. The maximum absolute atomic E-state index is 4.29. The number of pyridine rings is 1. The summed E-state index contributed by atoms with van der Waals surface area (Å²) in [5.41, 5.74) is 4.74. The second kappa shape index (κ2) is 4.70. The number of H-pyrrole nitrogens is 1. The van der Waals surface area contributed by atoms with Gasteiger partial charge < -0.3 is 0 Å². The minimum absolute atomic E-state index is 0.852. The van der Waals surface area contributed by atoms with Gasteiger partial charge in [-0.3, -0.25) is 5.10 Å². The van der Waals surface area contributed by atoms with Crippen LogP contribution in [-0.4, -0.2) is 15.2 Å². The second-order valence-corrected chi connectivity index (χ2v) is 5.41. The number of hydrogen-bond acceptors (Lipinski definition) is 2. The van der Waals surface area contributed by atoms with Gasteiger partial charge in [0, 0.05) is 11.6 Å². The van der Waals surface area contributed by atoms with Crippen molar-refractivity contribution in [3.8, 4) is 0 Å². The molecule has 0 aliphatic carbocycles. The Kier molecular flexibility index (Phi) is 2.71. The van der Waals surface area contributed by atoms with Gasteiger partial charge in [-0.1, -0.05) is 36.4 Å². The highest BCUT2D eigenvalue weighted by Crippen LogP contribution is 2.24. The maximum atomic E-state index is 4.29. The Morgan fingerprint density at radius 2 is 1.95 bits per heavy atom. The zero-order valence-corrected chi connectivity index (χ0v) is 11.8. The zero-order chi connectivity index (χ0) is 14.2. The number of nitrogens with zero attached hydrogens (tertiary/aromatic N) is 2. The molecule has 0 aliphatic rings. The van der Waals surface area contributed by atoms with Crippen molar-refractivity contribution in [3.63, 3.8) is 0 Å². The van der Waals surface area contributed by atoms with Crippen molar-refractivity contribution in [2.24, 2.45) is 0 Å². The first kappa shape index (κ1) is 12.1. The highest BCUT2D eigenvalue weighted by Gasteiger charge is 2.06. The smallest absolute Gasteiger partial charge is 0.155 e. The van der Waals surface area contributed by atoms with E-state index in [1.807, 2.05) is 12.4 Å². The number of aromatic amines is 1. The van der Waals surface area contributed by atoms with Crippen molar-refractivity contribution in [1.82, 2.24) is 15.2 Å². The largest absolute Gasteiger partial charge is 0.261 e. The zero-order valence-electron chi connectivity index (χ0n) is 11.8. The van der Waals surface area contributed by atoms with Gasteiger partial charge in [0.05, 0.1) is 6.20 Å². The van der Waals surface area contributed by atoms with Gasteiger partial charge in [-0.05, 0) is 46.9 Å². The summed E-state index contributed by atoms with van der Waals surface area (Å²) in [4.78, 5) is 4.29. The van der Waals surface area contributed by atoms with Gasteiger partial charge >= 0.3 is 0 Å². The standard InChI is InChI=1S/C18H15N3/c1-12-8-13(9-14-4-2-3-5-16(12)14)10-15-6-7-19-18-17(15)11-20-21-18/h2-9,11H,10H2,1H3,(H,19,20,21). The lowest BCUT2D eigenvalue weighted by Gasteiger charge is -2.08. The van der Waals surface area contributed by atoms with E-state index < -0.39 is 0 Å². The molecule has 0 fully saturated rings. The number of rotatable bonds is 2. The highest BCUT2D eigenvalue weighted by atomic mass is 15.1. The van der Waals surface area contributed by atoms with Gasteiger partial charge in [-0.15, -0.1) is 0 Å². The molecule has 0 atom stereocenters. The Morgan fingerprint density at radius 3 is 2.90 bits per heavy atom. The molecule has 0 saturated heterocycles. The Morgan fingerprint density at radius 1 is 1.05 bits per heavy atom. The van der Waals surface area contributed by atoms with Crippen LogP contribution in [0, 0.1) is 6.92 Å². The topological polar surface area (TPSA) is 41.6 Å². The van der Waals surface area contributed by atoms with E-state index in [2.05, 4.69) is 64.6 Å². The van der Waals surface area contributed by atoms with Crippen LogP contribution in [0.2, 0.25) is 0 Å². The van der Waals surface area contributed by atoms with E-state index in [-0.39, 0.29) is 0 Å². The number of aromatic nitrogens is 3. The maximum Gasteiger partial charge on any atom is 0.155 e. The van der Waals surface area contributed by atoms with Crippen LogP contribution in [0.15, 0.2) is 54.9 Å². The van der Waals surface area contributed by atoms with Gasteiger partial charge in [0.2, 0.25) is 0 Å².